The van der Waals surface area contributed by atoms with Crippen LogP contribution < -0.4 is 0 Å². The van der Waals surface area contributed by atoms with Crippen LogP contribution in [-0.2, 0) is 4.79 Å². The number of halogens is 2. The van der Waals surface area contributed by atoms with Crippen molar-refractivity contribution in [3.05, 3.63) is 53.7 Å². The van der Waals surface area contributed by atoms with E-state index in [-0.39, 0.29) is 23.2 Å². The average Bonchev–Trinajstić information content (AvgIpc) is 2.67. The number of Topliss-reactive ketones (excluding diaryl/α,β-unsaturated/α-hetero) is 1. The van der Waals surface area contributed by atoms with Crippen LogP contribution in [0.1, 0.15) is 43.5 Å². The van der Waals surface area contributed by atoms with Crippen molar-refractivity contribution in [1.82, 2.24) is 9.88 Å². The summed E-state index contributed by atoms with van der Waals surface area (Å²) in [6, 6.07) is 6.44. The lowest BCUT2D eigenvalue weighted by Crippen LogP contribution is -2.42. The van der Waals surface area contributed by atoms with Crippen LogP contribution in [0.4, 0.5) is 8.78 Å². The lowest BCUT2D eigenvalue weighted by molar-refractivity contribution is -0.124. The number of hydrogen-bond donors (Lipinski definition) is 0. The van der Waals surface area contributed by atoms with Crippen molar-refractivity contribution in [1.29, 1.82) is 0 Å². The number of amides is 1. The molecule has 1 fully saturated rings. The highest BCUT2D eigenvalue weighted by molar-refractivity contribution is 5.94. The molecule has 1 aromatic carbocycles. The fraction of sp³-hybridized carbons (Fsp3) is 0.409. The molecule has 0 aliphatic carbocycles. The van der Waals surface area contributed by atoms with Gasteiger partial charge in [-0.3, -0.25) is 14.6 Å². The standard InChI is InChI=1S/C22H24F2N2O2/c1-14(2)10-21(27)16-4-3-9-26(13-16)22(28)15-5-8-20(25-12-15)18-7-6-17(23)11-19(18)24/h5-8,11-12,14,16H,3-4,9-10,13H2,1-2H3/t16-/m1/s1. The Morgan fingerprint density at radius 3 is 2.64 bits per heavy atom. The predicted molar refractivity (Wildman–Crippen MR) is 103 cm³/mol. The third-order valence-corrected chi connectivity index (χ3v) is 4.99. The summed E-state index contributed by atoms with van der Waals surface area (Å²) in [6.45, 7) is 5.07. The zero-order valence-electron chi connectivity index (χ0n) is 16.1. The highest BCUT2D eigenvalue weighted by atomic mass is 19.1. The molecule has 1 saturated heterocycles. The summed E-state index contributed by atoms with van der Waals surface area (Å²) >= 11 is 0. The van der Waals surface area contributed by atoms with Gasteiger partial charge in [-0.05, 0) is 43.0 Å². The van der Waals surface area contributed by atoms with E-state index in [0.29, 0.717) is 36.7 Å². The van der Waals surface area contributed by atoms with E-state index in [1.54, 1.807) is 17.0 Å². The molecule has 0 spiro atoms. The SMILES string of the molecule is CC(C)CC(=O)[C@@H]1CCCN(C(=O)c2ccc(-c3ccc(F)cc3F)nc2)C1. The van der Waals surface area contributed by atoms with Gasteiger partial charge in [-0.2, -0.15) is 0 Å². The van der Waals surface area contributed by atoms with Gasteiger partial charge in [-0.15, -0.1) is 0 Å². The average molecular weight is 386 g/mol. The van der Waals surface area contributed by atoms with Gasteiger partial charge >= 0.3 is 0 Å². The third kappa shape index (κ3) is 4.61. The summed E-state index contributed by atoms with van der Waals surface area (Å²) in [5.41, 5.74) is 0.902. The Balaban J connectivity index is 1.71. The summed E-state index contributed by atoms with van der Waals surface area (Å²) in [4.78, 5) is 31.0. The second-order valence-electron chi connectivity index (χ2n) is 7.71. The van der Waals surface area contributed by atoms with Crippen molar-refractivity contribution in [2.45, 2.75) is 33.1 Å². The van der Waals surface area contributed by atoms with Gasteiger partial charge in [0.15, 0.2) is 0 Å². The first-order valence-electron chi connectivity index (χ1n) is 9.58. The van der Waals surface area contributed by atoms with Crippen LogP contribution in [0.25, 0.3) is 11.3 Å². The van der Waals surface area contributed by atoms with Gasteiger partial charge in [0.1, 0.15) is 17.4 Å². The monoisotopic (exact) mass is 386 g/mol. The summed E-state index contributed by atoms with van der Waals surface area (Å²) in [5, 5.41) is 0. The Labute approximate surface area is 163 Å². The lowest BCUT2D eigenvalue weighted by Gasteiger charge is -2.32. The van der Waals surface area contributed by atoms with E-state index in [1.807, 2.05) is 13.8 Å². The third-order valence-electron chi connectivity index (χ3n) is 4.99. The van der Waals surface area contributed by atoms with E-state index < -0.39 is 11.6 Å². The van der Waals surface area contributed by atoms with Crippen LogP contribution in [0, 0.1) is 23.5 Å². The molecular formula is C22H24F2N2O2. The zero-order chi connectivity index (χ0) is 20.3. The van der Waals surface area contributed by atoms with Crippen molar-refractivity contribution in [2.24, 2.45) is 11.8 Å². The molecule has 1 amide bonds. The number of carbonyl (C=O) groups is 2. The van der Waals surface area contributed by atoms with Gasteiger partial charge in [-0.1, -0.05) is 13.8 Å². The van der Waals surface area contributed by atoms with Crippen LogP contribution in [0.5, 0.6) is 0 Å². The Morgan fingerprint density at radius 1 is 1.21 bits per heavy atom. The first kappa shape index (κ1) is 20.1. The lowest BCUT2D eigenvalue weighted by atomic mass is 9.89. The van der Waals surface area contributed by atoms with E-state index >= 15 is 0 Å². The van der Waals surface area contributed by atoms with Gasteiger partial charge in [-0.25, -0.2) is 8.78 Å². The molecule has 1 atom stereocenters. The zero-order valence-corrected chi connectivity index (χ0v) is 16.1. The summed E-state index contributed by atoms with van der Waals surface area (Å²) < 4.78 is 27.0. The normalized spacial score (nSPS) is 17.0. The van der Waals surface area contributed by atoms with E-state index in [0.717, 1.165) is 18.9 Å². The fourth-order valence-corrected chi connectivity index (χ4v) is 3.55. The highest BCUT2D eigenvalue weighted by Gasteiger charge is 2.29. The quantitative estimate of drug-likeness (QED) is 0.761. The highest BCUT2D eigenvalue weighted by Crippen LogP contribution is 2.24. The molecule has 2 aromatic rings. The van der Waals surface area contributed by atoms with E-state index in [4.69, 9.17) is 0 Å². The van der Waals surface area contributed by atoms with E-state index in [2.05, 4.69) is 4.98 Å². The number of nitrogens with zero attached hydrogens (tertiary/aromatic N) is 2. The second kappa shape index (κ2) is 8.59. The van der Waals surface area contributed by atoms with Crippen LogP contribution in [0.2, 0.25) is 0 Å². The number of pyridine rings is 1. The fourth-order valence-electron chi connectivity index (χ4n) is 3.55. The minimum Gasteiger partial charge on any atom is -0.338 e. The molecule has 0 N–H and O–H groups in total. The molecule has 28 heavy (non-hydrogen) atoms. The molecule has 4 nitrogen and oxygen atoms in total. The molecule has 1 aliphatic heterocycles. The van der Waals surface area contributed by atoms with Crippen LogP contribution >= 0.6 is 0 Å². The Hall–Kier alpha value is -2.63. The maximum atomic E-state index is 13.9. The predicted octanol–water partition coefficient (Wildman–Crippen LogP) is 4.49. The van der Waals surface area contributed by atoms with Gasteiger partial charge in [0.05, 0.1) is 11.3 Å². The van der Waals surface area contributed by atoms with Gasteiger partial charge < -0.3 is 4.90 Å². The van der Waals surface area contributed by atoms with Crippen LogP contribution in [0.3, 0.4) is 0 Å². The first-order chi connectivity index (χ1) is 13.3. The van der Waals surface area contributed by atoms with Gasteiger partial charge in [0.2, 0.25) is 0 Å². The Morgan fingerprint density at radius 2 is 2.00 bits per heavy atom. The molecular weight excluding hydrogens is 362 g/mol. The molecule has 0 unspecified atom stereocenters. The van der Waals surface area contributed by atoms with Crippen molar-refractivity contribution in [2.75, 3.05) is 13.1 Å². The van der Waals surface area contributed by atoms with Crippen LogP contribution in [0.15, 0.2) is 36.5 Å². The summed E-state index contributed by atoms with van der Waals surface area (Å²) in [6.07, 6.45) is 3.55. The second-order valence-corrected chi connectivity index (χ2v) is 7.71. The molecule has 0 radical (unpaired) electrons. The molecule has 1 aliphatic rings. The van der Waals surface area contributed by atoms with Crippen LogP contribution in [-0.4, -0.2) is 34.7 Å². The number of likely N-dealkylation sites (tertiary alicyclic amines) is 1. The summed E-state index contributed by atoms with van der Waals surface area (Å²) in [5.74, 6) is -1.12. The molecule has 0 bridgehead atoms. The van der Waals surface area contributed by atoms with E-state index in [1.165, 1.54) is 18.3 Å². The van der Waals surface area contributed by atoms with Gasteiger partial charge in [0.25, 0.3) is 5.91 Å². The first-order valence-corrected chi connectivity index (χ1v) is 9.58. The van der Waals surface area contributed by atoms with Crippen molar-refractivity contribution < 1.29 is 18.4 Å². The minimum absolute atomic E-state index is 0.111. The minimum atomic E-state index is -0.700. The largest absolute Gasteiger partial charge is 0.338 e. The maximum absolute atomic E-state index is 13.9. The molecule has 2 heterocycles. The number of rotatable bonds is 5. The number of benzene rings is 1. The number of aromatic nitrogens is 1. The molecule has 1 aromatic heterocycles. The van der Waals surface area contributed by atoms with Crippen molar-refractivity contribution in [3.8, 4) is 11.3 Å². The summed E-state index contributed by atoms with van der Waals surface area (Å²) in [7, 11) is 0. The van der Waals surface area contributed by atoms with Crippen molar-refractivity contribution in [3.63, 3.8) is 0 Å². The Bertz CT molecular complexity index is 865. The number of piperidine rings is 1. The van der Waals surface area contributed by atoms with Crippen molar-refractivity contribution >= 4 is 11.7 Å². The Kier molecular flexibility index (Phi) is 6.17. The topological polar surface area (TPSA) is 50.3 Å². The maximum Gasteiger partial charge on any atom is 0.255 e. The van der Waals surface area contributed by atoms with E-state index in [9.17, 15) is 18.4 Å². The molecule has 148 valence electrons. The number of carbonyl (C=O) groups excluding carboxylic acids is 2. The number of hydrogen-bond acceptors (Lipinski definition) is 3. The number of ketones is 1. The molecule has 3 rings (SSSR count). The smallest absolute Gasteiger partial charge is 0.255 e. The molecule has 6 heteroatoms. The van der Waals surface area contributed by atoms with Gasteiger partial charge in [0, 0.05) is 43.3 Å². The molecule has 0 saturated carbocycles.